The van der Waals surface area contributed by atoms with E-state index in [-0.39, 0.29) is 11.5 Å². The summed E-state index contributed by atoms with van der Waals surface area (Å²) in [6, 6.07) is 6.60. The van der Waals surface area contributed by atoms with Crippen molar-refractivity contribution in [1.29, 1.82) is 0 Å². The fraction of sp³-hybridized carbons (Fsp3) is 0.364. The van der Waals surface area contributed by atoms with Gasteiger partial charge in [-0.1, -0.05) is 31.0 Å². The number of unbranched alkanes of at least 4 members (excludes halogenated alkanes) is 1. The minimum atomic E-state index is -3.58. The average molecular weight is 227 g/mol. The fourth-order valence-electron chi connectivity index (χ4n) is 1.04. The Labute approximate surface area is 91.2 Å². The van der Waals surface area contributed by atoms with Crippen LogP contribution in [0, 0.1) is 13.8 Å². The first-order valence-corrected chi connectivity index (χ1v) is 6.22. The number of benzene rings is 1. The molecule has 3 nitrogen and oxygen atoms in total. The Kier molecular flexibility index (Phi) is 4.29. The Balaban J connectivity index is 2.73. The van der Waals surface area contributed by atoms with Crippen molar-refractivity contribution in [3.8, 4) is 0 Å². The maximum Gasteiger partial charge on any atom is 0.296 e. The Bertz CT molecular complexity index is 392. The summed E-state index contributed by atoms with van der Waals surface area (Å²) in [7, 11) is -3.58. The minimum Gasteiger partial charge on any atom is -0.266 e. The lowest BCUT2D eigenvalue weighted by molar-refractivity contribution is 0.313. The molecule has 1 radical (unpaired) electrons. The van der Waals surface area contributed by atoms with Crippen LogP contribution in [0.4, 0.5) is 0 Å². The van der Waals surface area contributed by atoms with Crippen LogP contribution in [-0.2, 0) is 14.3 Å². The molecule has 0 atom stereocenters. The molecule has 0 saturated heterocycles. The zero-order valence-corrected chi connectivity index (χ0v) is 9.59. The van der Waals surface area contributed by atoms with E-state index >= 15 is 0 Å². The summed E-state index contributed by atoms with van der Waals surface area (Å²) < 4.78 is 28.0. The first-order valence-electron chi connectivity index (χ1n) is 4.81. The van der Waals surface area contributed by atoms with Crippen molar-refractivity contribution in [1.82, 2.24) is 0 Å². The van der Waals surface area contributed by atoms with Crippen molar-refractivity contribution in [2.24, 2.45) is 0 Å². The van der Waals surface area contributed by atoms with E-state index < -0.39 is 10.1 Å². The van der Waals surface area contributed by atoms with E-state index in [0.717, 1.165) is 5.56 Å². The van der Waals surface area contributed by atoms with Crippen molar-refractivity contribution in [3.63, 3.8) is 0 Å². The molecule has 1 aromatic rings. The summed E-state index contributed by atoms with van der Waals surface area (Å²) in [5.74, 6) is 0. The Hall–Kier alpha value is -0.870. The third-order valence-electron chi connectivity index (χ3n) is 1.94. The predicted molar refractivity (Wildman–Crippen MR) is 58.9 cm³/mol. The number of hydrogen-bond donors (Lipinski definition) is 0. The van der Waals surface area contributed by atoms with Crippen LogP contribution in [0.25, 0.3) is 0 Å². The standard InChI is InChI=1S/C11H15O3S/c1-3-4-9-14-15(12,13)11-7-5-10(2)6-8-11/h5-8H,1,3-4,9H2,2H3. The molecule has 0 aliphatic rings. The van der Waals surface area contributed by atoms with E-state index in [4.69, 9.17) is 4.18 Å². The second kappa shape index (κ2) is 5.28. The smallest absolute Gasteiger partial charge is 0.266 e. The Morgan fingerprint density at radius 1 is 1.27 bits per heavy atom. The summed E-state index contributed by atoms with van der Waals surface area (Å²) in [4.78, 5) is 0.206. The van der Waals surface area contributed by atoms with E-state index in [1.807, 2.05) is 6.92 Å². The van der Waals surface area contributed by atoms with Gasteiger partial charge < -0.3 is 0 Å². The lowest BCUT2D eigenvalue weighted by atomic mass is 10.2. The van der Waals surface area contributed by atoms with Gasteiger partial charge in [0.2, 0.25) is 0 Å². The first kappa shape index (κ1) is 12.2. The number of hydrogen-bond acceptors (Lipinski definition) is 3. The molecule has 0 N–H and O–H groups in total. The lowest BCUT2D eigenvalue weighted by Gasteiger charge is -2.04. The molecular formula is C11H15O3S. The molecule has 0 aromatic heterocycles. The number of rotatable bonds is 5. The van der Waals surface area contributed by atoms with E-state index in [2.05, 4.69) is 6.92 Å². The van der Waals surface area contributed by atoms with Gasteiger partial charge >= 0.3 is 0 Å². The SMILES string of the molecule is [CH2]CCCOS(=O)(=O)c1ccc(C)cc1. The molecule has 1 aromatic carbocycles. The highest BCUT2D eigenvalue weighted by atomic mass is 32.2. The Morgan fingerprint density at radius 2 is 1.87 bits per heavy atom. The van der Waals surface area contributed by atoms with Crippen molar-refractivity contribution >= 4 is 10.1 Å². The molecule has 83 valence electrons. The van der Waals surface area contributed by atoms with Gasteiger partial charge in [-0.2, -0.15) is 8.42 Å². The van der Waals surface area contributed by atoms with Crippen LogP contribution in [0.2, 0.25) is 0 Å². The van der Waals surface area contributed by atoms with Gasteiger partial charge in [-0.05, 0) is 25.5 Å². The molecule has 0 amide bonds. The molecule has 15 heavy (non-hydrogen) atoms. The first-order chi connectivity index (χ1) is 7.06. The van der Waals surface area contributed by atoms with Crippen LogP contribution >= 0.6 is 0 Å². The van der Waals surface area contributed by atoms with Gasteiger partial charge in [0.1, 0.15) is 0 Å². The Morgan fingerprint density at radius 3 is 2.40 bits per heavy atom. The molecule has 4 heteroatoms. The molecule has 0 aliphatic heterocycles. The van der Waals surface area contributed by atoms with Crippen LogP contribution in [-0.4, -0.2) is 15.0 Å². The van der Waals surface area contributed by atoms with Gasteiger partial charge in [-0.3, -0.25) is 4.18 Å². The van der Waals surface area contributed by atoms with Crippen molar-refractivity contribution in [2.75, 3.05) is 6.61 Å². The molecule has 1 rings (SSSR count). The van der Waals surface area contributed by atoms with Gasteiger partial charge in [0.05, 0.1) is 11.5 Å². The predicted octanol–water partition coefficient (Wildman–Crippen LogP) is 2.31. The van der Waals surface area contributed by atoms with Crippen molar-refractivity contribution in [2.45, 2.75) is 24.7 Å². The van der Waals surface area contributed by atoms with Crippen LogP contribution in [0.5, 0.6) is 0 Å². The van der Waals surface area contributed by atoms with Crippen LogP contribution < -0.4 is 0 Å². The molecule has 0 saturated carbocycles. The van der Waals surface area contributed by atoms with Gasteiger partial charge in [0, 0.05) is 0 Å². The summed E-state index contributed by atoms with van der Waals surface area (Å²) in [6.07, 6.45) is 1.31. The molecule has 0 spiro atoms. The highest BCUT2D eigenvalue weighted by Crippen LogP contribution is 2.13. The highest BCUT2D eigenvalue weighted by molar-refractivity contribution is 7.86. The van der Waals surface area contributed by atoms with Crippen LogP contribution in [0.15, 0.2) is 29.2 Å². The summed E-state index contributed by atoms with van der Waals surface area (Å²) in [5, 5.41) is 0. The van der Waals surface area contributed by atoms with Gasteiger partial charge in [0.25, 0.3) is 10.1 Å². The number of aryl methyl sites for hydroxylation is 1. The molecule has 0 fully saturated rings. The quantitative estimate of drug-likeness (QED) is 0.572. The lowest BCUT2D eigenvalue weighted by Crippen LogP contribution is -2.07. The van der Waals surface area contributed by atoms with Gasteiger partial charge in [0.15, 0.2) is 0 Å². The van der Waals surface area contributed by atoms with E-state index in [1.165, 1.54) is 0 Å². The van der Waals surface area contributed by atoms with E-state index in [0.29, 0.717) is 12.8 Å². The maximum atomic E-state index is 11.6. The summed E-state index contributed by atoms with van der Waals surface area (Å²) >= 11 is 0. The second-order valence-corrected chi connectivity index (χ2v) is 4.91. The van der Waals surface area contributed by atoms with Crippen molar-refractivity contribution in [3.05, 3.63) is 36.8 Å². The minimum absolute atomic E-state index is 0.194. The topological polar surface area (TPSA) is 43.4 Å². The molecule has 0 bridgehead atoms. The maximum absolute atomic E-state index is 11.6. The zero-order chi connectivity index (χ0) is 11.3. The normalized spacial score (nSPS) is 11.6. The molecule has 0 unspecified atom stereocenters. The van der Waals surface area contributed by atoms with Crippen LogP contribution in [0.3, 0.4) is 0 Å². The van der Waals surface area contributed by atoms with Crippen molar-refractivity contribution < 1.29 is 12.6 Å². The fourth-order valence-corrected chi connectivity index (χ4v) is 1.99. The molecule has 0 heterocycles. The highest BCUT2D eigenvalue weighted by Gasteiger charge is 2.13. The monoisotopic (exact) mass is 227 g/mol. The average Bonchev–Trinajstić information content (AvgIpc) is 2.18. The molecular weight excluding hydrogens is 212 g/mol. The summed E-state index contributed by atoms with van der Waals surface area (Å²) in [6.45, 7) is 5.71. The second-order valence-electron chi connectivity index (χ2n) is 3.30. The van der Waals surface area contributed by atoms with E-state index in [1.54, 1.807) is 24.3 Å². The van der Waals surface area contributed by atoms with Gasteiger partial charge in [-0.25, -0.2) is 0 Å². The third-order valence-corrected chi connectivity index (χ3v) is 3.27. The molecule has 0 aliphatic carbocycles. The van der Waals surface area contributed by atoms with E-state index in [9.17, 15) is 8.42 Å². The summed E-state index contributed by atoms with van der Waals surface area (Å²) in [5.41, 5.74) is 1.02. The largest absolute Gasteiger partial charge is 0.296 e. The van der Waals surface area contributed by atoms with Gasteiger partial charge in [-0.15, -0.1) is 0 Å². The third kappa shape index (κ3) is 3.64. The zero-order valence-electron chi connectivity index (χ0n) is 8.77. The van der Waals surface area contributed by atoms with Crippen LogP contribution in [0.1, 0.15) is 18.4 Å².